The molecule has 0 heterocycles. The van der Waals surface area contributed by atoms with Crippen LogP contribution in [-0.4, -0.2) is 87.9 Å². The van der Waals surface area contributed by atoms with Gasteiger partial charge in [0.25, 0.3) is 0 Å². The fourth-order valence-corrected chi connectivity index (χ4v) is 2.48. The Bertz CT molecular complexity index is 297. The smallest absolute Gasteiger partial charge is 0.170 e. The molecule has 0 saturated carbocycles. The highest BCUT2D eigenvalue weighted by molar-refractivity contribution is 5.07. The topological polar surface area (TPSA) is 64.6 Å². The van der Waals surface area contributed by atoms with Crippen LogP contribution in [-0.2, 0) is 33.2 Å². The van der Waals surface area contributed by atoms with E-state index in [9.17, 15) is 0 Å². The minimum absolute atomic E-state index is 0.247. The summed E-state index contributed by atoms with van der Waals surface area (Å²) in [6.07, 6.45) is 0. The second kappa shape index (κ2) is 11.8. The predicted octanol–water partition coefficient (Wildman–Crippen LogP) is 1.12. The van der Waals surface area contributed by atoms with Crippen LogP contribution < -0.4 is 0 Å². The first-order chi connectivity index (χ1) is 11.0. The van der Waals surface area contributed by atoms with E-state index in [1.165, 1.54) is 0 Å². The van der Waals surface area contributed by atoms with Crippen LogP contribution in [0.3, 0.4) is 0 Å². The molecule has 0 saturated heterocycles. The third kappa shape index (κ3) is 6.74. The number of hydrogen-bond donors (Lipinski definition) is 0. The summed E-state index contributed by atoms with van der Waals surface area (Å²) < 4.78 is 38.0. The van der Waals surface area contributed by atoms with Gasteiger partial charge in [-0.3, -0.25) is 0 Å². The minimum Gasteiger partial charge on any atom is -0.498 e. The van der Waals surface area contributed by atoms with Gasteiger partial charge in [0.2, 0.25) is 0 Å². The first-order valence-corrected chi connectivity index (χ1v) is 7.31. The van der Waals surface area contributed by atoms with Crippen molar-refractivity contribution in [1.29, 1.82) is 0 Å². The number of ether oxygens (including phenoxy) is 7. The molecule has 138 valence electrons. The first-order valence-electron chi connectivity index (χ1n) is 7.31. The highest BCUT2D eigenvalue weighted by Gasteiger charge is 2.41. The Hall–Kier alpha value is -0.700. The second-order valence-corrected chi connectivity index (χ2v) is 5.58. The van der Waals surface area contributed by atoms with E-state index in [1.54, 1.807) is 42.7 Å². The van der Waals surface area contributed by atoms with Crippen molar-refractivity contribution in [2.45, 2.75) is 5.60 Å². The van der Waals surface area contributed by atoms with Gasteiger partial charge in [0.1, 0.15) is 5.76 Å². The molecule has 0 aliphatic rings. The summed E-state index contributed by atoms with van der Waals surface area (Å²) in [5.74, 6) is 0.433. The fraction of sp³-hybridized carbons (Fsp3) is 0.875. The van der Waals surface area contributed by atoms with Crippen molar-refractivity contribution in [1.82, 2.24) is 0 Å². The van der Waals surface area contributed by atoms with E-state index < -0.39 is 11.0 Å². The lowest BCUT2D eigenvalue weighted by molar-refractivity contribution is -0.166. The largest absolute Gasteiger partial charge is 0.498 e. The molecule has 0 unspecified atom stereocenters. The molecule has 0 bridgehead atoms. The highest BCUT2D eigenvalue weighted by atomic mass is 16.6. The van der Waals surface area contributed by atoms with Gasteiger partial charge in [0, 0.05) is 35.5 Å². The standard InChI is InChI=1S/C16H32O7/c1-14(22-7)16(12-20-5,13-21-6)23-11-15(8-17-2,9-18-3)10-19-4/h1,8-13H2,2-7H3. The summed E-state index contributed by atoms with van der Waals surface area (Å²) in [5.41, 5.74) is -1.38. The Morgan fingerprint density at radius 1 is 0.652 bits per heavy atom. The van der Waals surface area contributed by atoms with Crippen molar-refractivity contribution < 1.29 is 33.2 Å². The molecule has 0 aromatic rings. The van der Waals surface area contributed by atoms with Gasteiger partial charge in [-0.1, -0.05) is 6.58 Å². The summed E-state index contributed by atoms with van der Waals surface area (Å²) in [7, 11) is 9.61. The van der Waals surface area contributed by atoms with E-state index >= 15 is 0 Å². The zero-order chi connectivity index (χ0) is 17.8. The summed E-state index contributed by atoms with van der Waals surface area (Å²) in [5, 5.41) is 0. The van der Waals surface area contributed by atoms with Gasteiger partial charge in [-0.2, -0.15) is 0 Å². The van der Waals surface area contributed by atoms with Gasteiger partial charge < -0.3 is 33.2 Å². The number of methoxy groups -OCH3 is 6. The zero-order valence-corrected chi connectivity index (χ0v) is 15.3. The second-order valence-electron chi connectivity index (χ2n) is 5.58. The normalized spacial score (nSPS) is 12.4. The average Bonchev–Trinajstić information content (AvgIpc) is 2.53. The maximum absolute atomic E-state index is 6.17. The van der Waals surface area contributed by atoms with Crippen molar-refractivity contribution in [3.05, 3.63) is 12.3 Å². The molecule has 0 spiro atoms. The Morgan fingerprint density at radius 2 is 1.04 bits per heavy atom. The lowest BCUT2D eigenvalue weighted by Crippen LogP contribution is -2.50. The molecule has 0 amide bonds. The Kier molecular flexibility index (Phi) is 11.4. The van der Waals surface area contributed by atoms with Crippen molar-refractivity contribution in [2.24, 2.45) is 5.41 Å². The molecular weight excluding hydrogens is 304 g/mol. The summed E-state index contributed by atoms with van der Waals surface area (Å²) in [6.45, 7) is 5.98. The molecule has 0 atom stereocenters. The monoisotopic (exact) mass is 336 g/mol. The molecular formula is C16H32O7. The van der Waals surface area contributed by atoms with Crippen LogP contribution in [0.25, 0.3) is 0 Å². The molecule has 0 aromatic heterocycles. The molecule has 0 N–H and O–H groups in total. The van der Waals surface area contributed by atoms with Crippen LogP contribution in [0.15, 0.2) is 12.3 Å². The Morgan fingerprint density at radius 3 is 1.35 bits per heavy atom. The third-order valence-corrected chi connectivity index (χ3v) is 3.52. The van der Waals surface area contributed by atoms with E-state index in [0.29, 0.717) is 32.2 Å². The van der Waals surface area contributed by atoms with Crippen molar-refractivity contribution in [2.75, 3.05) is 82.3 Å². The molecule has 0 rings (SSSR count). The quantitative estimate of drug-likeness (QED) is 0.415. The fourth-order valence-electron chi connectivity index (χ4n) is 2.48. The van der Waals surface area contributed by atoms with E-state index in [0.717, 1.165) is 0 Å². The molecule has 0 aliphatic heterocycles. The van der Waals surface area contributed by atoms with Crippen LogP contribution in [0.1, 0.15) is 0 Å². The van der Waals surface area contributed by atoms with Crippen molar-refractivity contribution >= 4 is 0 Å². The number of rotatable bonds is 15. The third-order valence-electron chi connectivity index (χ3n) is 3.52. The predicted molar refractivity (Wildman–Crippen MR) is 86.6 cm³/mol. The molecule has 0 fully saturated rings. The van der Waals surface area contributed by atoms with Crippen LogP contribution in [0, 0.1) is 5.41 Å². The molecule has 7 nitrogen and oxygen atoms in total. The van der Waals surface area contributed by atoms with Crippen molar-refractivity contribution in [3.63, 3.8) is 0 Å². The van der Waals surface area contributed by atoms with E-state index in [4.69, 9.17) is 33.2 Å². The van der Waals surface area contributed by atoms with Gasteiger partial charge in [-0.15, -0.1) is 0 Å². The van der Waals surface area contributed by atoms with Gasteiger partial charge in [0.05, 0.1) is 52.2 Å². The molecule has 0 radical (unpaired) electrons. The van der Waals surface area contributed by atoms with E-state index in [2.05, 4.69) is 6.58 Å². The van der Waals surface area contributed by atoms with Gasteiger partial charge >= 0.3 is 0 Å². The van der Waals surface area contributed by atoms with Gasteiger partial charge in [0.15, 0.2) is 5.60 Å². The van der Waals surface area contributed by atoms with Crippen LogP contribution in [0.4, 0.5) is 0 Å². The Balaban J connectivity index is 5.30. The summed E-state index contributed by atoms with van der Waals surface area (Å²) >= 11 is 0. The highest BCUT2D eigenvalue weighted by Crippen LogP contribution is 2.28. The van der Waals surface area contributed by atoms with Crippen molar-refractivity contribution in [3.8, 4) is 0 Å². The number of hydrogen-bond acceptors (Lipinski definition) is 7. The van der Waals surface area contributed by atoms with Gasteiger partial charge in [-0.05, 0) is 0 Å². The SMILES string of the molecule is C=C(OC)C(COC)(COC)OCC(COC)(COC)COC. The summed E-state index contributed by atoms with van der Waals surface area (Å²) in [4.78, 5) is 0. The molecule has 0 aromatic carbocycles. The van der Waals surface area contributed by atoms with E-state index in [-0.39, 0.29) is 13.2 Å². The maximum Gasteiger partial charge on any atom is 0.170 e. The maximum atomic E-state index is 6.17. The lowest BCUT2D eigenvalue weighted by Gasteiger charge is -2.38. The Labute approximate surface area is 139 Å². The minimum atomic E-state index is -0.918. The average molecular weight is 336 g/mol. The molecule has 7 heteroatoms. The van der Waals surface area contributed by atoms with Crippen LogP contribution in [0.2, 0.25) is 0 Å². The zero-order valence-electron chi connectivity index (χ0n) is 15.3. The summed E-state index contributed by atoms with van der Waals surface area (Å²) in [6, 6.07) is 0. The van der Waals surface area contributed by atoms with Crippen LogP contribution in [0.5, 0.6) is 0 Å². The molecule has 0 aliphatic carbocycles. The molecule has 23 heavy (non-hydrogen) atoms. The van der Waals surface area contributed by atoms with E-state index in [1.807, 2.05) is 0 Å². The van der Waals surface area contributed by atoms with Crippen LogP contribution >= 0.6 is 0 Å². The lowest BCUT2D eigenvalue weighted by atomic mass is 9.91. The first kappa shape index (κ1) is 22.3. The van der Waals surface area contributed by atoms with Gasteiger partial charge in [-0.25, -0.2) is 0 Å².